The van der Waals surface area contributed by atoms with Gasteiger partial charge in [-0.05, 0) is 44.5 Å². The van der Waals surface area contributed by atoms with Crippen molar-refractivity contribution in [3.05, 3.63) is 29.8 Å². The van der Waals surface area contributed by atoms with E-state index in [2.05, 4.69) is 10.6 Å². The van der Waals surface area contributed by atoms with Gasteiger partial charge < -0.3 is 16.4 Å². The van der Waals surface area contributed by atoms with Crippen LogP contribution in [0.15, 0.2) is 24.3 Å². The highest BCUT2D eigenvalue weighted by molar-refractivity contribution is 5.96. The third-order valence-electron chi connectivity index (χ3n) is 2.98. The molecule has 0 heterocycles. The SMILES string of the molecule is CCC(CN)C(=O)Nc1ccc(C(=O)NC(C)C)cc1. The molecule has 0 spiro atoms. The lowest BCUT2D eigenvalue weighted by Gasteiger charge is -2.13. The molecule has 0 aliphatic rings. The Kier molecular flexibility index (Phi) is 6.18. The zero-order valence-corrected chi connectivity index (χ0v) is 12.3. The molecule has 0 aliphatic carbocycles. The highest BCUT2D eigenvalue weighted by Crippen LogP contribution is 2.12. The molecule has 1 aromatic rings. The fourth-order valence-corrected chi connectivity index (χ4v) is 1.75. The van der Waals surface area contributed by atoms with Gasteiger partial charge in [-0.2, -0.15) is 0 Å². The molecule has 1 aromatic carbocycles. The van der Waals surface area contributed by atoms with Crippen LogP contribution in [0, 0.1) is 5.92 Å². The monoisotopic (exact) mass is 277 g/mol. The Morgan fingerprint density at radius 2 is 1.80 bits per heavy atom. The second kappa shape index (κ2) is 7.65. The molecule has 110 valence electrons. The minimum absolute atomic E-state index is 0.0885. The Labute approximate surface area is 119 Å². The third kappa shape index (κ3) is 4.66. The number of carbonyl (C=O) groups excluding carboxylic acids is 2. The van der Waals surface area contributed by atoms with Crippen molar-refractivity contribution in [1.29, 1.82) is 0 Å². The van der Waals surface area contributed by atoms with E-state index in [1.54, 1.807) is 24.3 Å². The van der Waals surface area contributed by atoms with Crippen molar-refractivity contribution in [2.45, 2.75) is 33.2 Å². The summed E-state index contributed by atoms with van der Waals surface area (Å²) in [5.74, 6) is -0.389. The van der Waals surface area contributed by atoms with E-state index >= 15 is 0 Å². The lowest BCUT2D eigenvalue weighted by molar-refractivity contribution is -0.119. The first kappa shape index (κ1) is 16.2. The van der Waals surface area contributed by atoms with Crippen LogP contribution in [-0.2, 0) is 4.79 Å². The Morgan fingerprint density at radius 1 is 1.20 bits per heavy atom. The van der Waals surface area contributed by atoms with Gasteiger partial charge in [-0.1, -0.05) is 6.92 Å². The maximum Gasteiger partial charge on any atom is 0.251 e. The molecule has 4 N–H and O–H groups in total. The van der Waals surface area contributed by atoms with Crippen LogP contribution < -0.4 is 16.4 Å². The summed E-state index contributed by atoms with van der Waals surface area (Å²) in [5, 5.41) is 5.61. The first-order valence-electron chi connectivity index (χ1n) is 6.89. The summed E-state index contributed by atoms with van der Waals surface area (Å²) in [7, 11) is 0. The molecule has 0 saturated heterocycles. The minimum Gasteiger partial charge on any atom is -0.350 e. The Hall–Kier alpha value is -1.88. The molecule has 0 aromatic heterocycles. The van der Waals surface area contributed by atoms with Crippen LogP contribution >= 0.6 is 0 Å². The van der Waals surface area contributed by atoms with Crippen LogP contribution in [0.2, 0.25) is 0 Å². The van der Waals surface area contributed by atoms with Gasteiger partial charge in [0.25, 0.3) is 5.91 Å². The van der Waals surface area contributed by atoms with Gasteiger partial charge in [-0.3, -0.25) is 9.59 Å². The largest absolute Gasteiger partial charge is 0.350 e. The Morgan fingerprint density at radius 3 is 2.25 bits per heavy atom. The van der Waals surface area contributed by atoms with Crippen molar-refractivity contribution in [3.8, 4) is 0 Å². The lowest BCUT2D eigenvalue weighted by atomic mass is 10.1. The maximum absolute atomic E-state index is 11.9. The molecule has 0 radical (unpaired) electrons. The quantitative estimate of drug-likeness (QED) is 0.740. The zero-order chi connectivity index (χ0) is 15.1. The van der Waals surface area contributed by atoms with E-state index in [4.69, 9.17) is 5.73 Å². The molecule has 0 fully saturated rings. The molecule has 1 unspecified atom stereocenters. The van der Waals surface area contributed by atoms with E-state index in [-0.39, 0.29) is 23.8 Å². The van der Waals surface area contributed by atoms with Crippen molar-refractivity contribution in [2.24, 2.45) is 11.7 Å². The molecule has 0 saturated carbocycles. The van der Waals surface area contributed by atoms with E-state index < -0.39 is 0 Å². The Bertz CT molecular complexity index is 451. The molecule has 2 amide bonds. The summed E-state index contributed by atoms with van der Waals surface area (Å²) in [6.45, 7) is 6.07. The summed E-state index contributed by atoms with van der Waals surface area (Å²) in [5.41, 5.74) is 6.78. The van der Waals surface area contributed by atoms with Crippen molar-refractivity contribution in [3.63, 3.8) is 0 Å². The van der Waals surface area contributed by atoms with Crippen LogP contribution in [0.25, 0.3) is 0 Å². The average Bonchev–Trinajstić information content (AvgIpc) is 2.40. The molecule has 5 nitrogen and oxygen atoms in total. The van der Waals surface area contributed by atoms with Gasteiger partial charge in [-0.25, -0.2) is 0 Å². The standard InChI is InChI=1S/C15H23N3O2/c1-4-11(9-16)14(19)18-13-7-5-12(6-8-13)15(20)17-10(2)3/h5-8,10-11H,4,9,16H2,1-3H3,(H,17,20)(H,18,19). The molecule has 5 heteroatoms. The fraction of sp³-hybridized carbons (Fsp3) is 0.467. The second-order valence-corrected chi connectivity index (χ2v) is 5.04. The first-order chi connectivity index (χ1) is 9.47. The zero-order valence-electron chi connectivity index (χ0n) is 12.3. The van der Waals surface area contributed by atoms with Gasteiger partial charge in [0.05, 0.1) is 5.92 Å². The van der Waals surface area contributed by atoms with Crippen LogP contribution in [0.5, 0.6) is 0 Å². The molecule has 1 atom stereocenters. The number of amides is 2. The van der Waals surface area contributed by atoms with Gasteiger partial charge in [0.15, 0.2) is 0 Å². The lowest BCUT2D eigenvalue weighted by Crippen LogP contribution is -2.30. The van der Waals surface area contributed by atoms with E-state index in [9.17, 15) is 9.59 Å². The molecule has 0 aliphatic heterocycles. The van der Waals surface area contributed by atoms with E-state index in [1.165, 1.54) is 0 Å². The number of nitrogens with two attached hydrogens (primary N) is 1. The molecule has 1 rings (SSSR count). The summed E-state index contributed by atoms with van der Waals surface area (Å²) < 4.78 is 0. The summed E-state index contributed by atoms with van der Waals surface area (Å²) in [6, 6.07) is 6.91. The van der Waals surface area contributed by atoms with Gasteiger partial charge >= 0.3 is 0 Å². The maximum atomic E-state index is 11.9. The van der Waals surface area contributed by atoms with Gasteiger partial charge in [0.2, 0.25) is 5.91 Å². The van der Waals surface area contributed by atoms with E-state index in [0.29, 0.717) is 24.2 Å². The number of rotatable bonds is 6. The van der Waals surface area contributed by atoms with Gasteiger partial charge in [-0.15, -0.1) is 0 Å². The molecule has 0 bridgehead atoms. The van der Waals surface area contributed by atoms with Crippen LogP contribution in [0.4, 0.5) is 5.69 Å². The molecular formula is C15H23N3O2. The number of hydrogen-bond donors (Lipinski definition) is 3. The highest BCUT2D eigenvalue weighted by atomic mass is 16.2. The topological polar surface area (TPSA) is 84.2 Å². The van der Waals surface area contributed by atoms with E-state index in [0.717, 1.165) is 0 Å². The second-order valence-electron chi connectivity index (χ2n) is 5.04. The smallest absolute Gasteiger partial charge is 0.251 e. The minimum atomic E-state index is -0.182. The normalized spacial score (nSPS) is 12.1. The first-order valence-corrected chi connectivity index (χ1v) is 6.89. The number of carbonyl (C=O) groups is 2. The Balaban J connectivity index is 2.67. The van der Waals surface area contributed by atoms with Crippen molar-refractivity contribution in [2.75, 3.05) is 11.9 Å². The van der Waals surface area contributed by atoms with Crippen LogP contribution in [-0.4, -0.2) is 24.4 Å². The van der Waals surface area contributed by atoms with E-state index in [1.807, 2.05) is 20.8 Å². The van der Waals surface area contributed by atoms with Crippen molar-refractivity contribution in [1.82, 2.24) is 5.32 Å². The van der Waals surface area contributed by atoms with Crippen LogP contribution in [0.3, 0.4) is 0 Å². The van der Waals surface area contributed by atoms with Gasteiger partial charge in [0.1, 0.15) is 0 Å². The summed E-state index contributed by atoms with van der Waals surface area (Å²) in [4.78, 5) is 23.6. The van der Waals surface area contributed by atoms with Gasteiger partial charge in [0, 0.05) is 23.8 Å². The number of benzene rings is 1. The summed E-state index contributed by atoms with van der Waals surface area (Å²) in [6.07, 6.45) is 0.706. The van der Waals surface area contributed by atoms with Crippen molar-refractivity contribution >= 4 is 17.5 Å². The molecular weight excluding hydrogens is 254 g/mol. The fourth-order valence-electron chi connectivity index (χ4n) is 1.75. The number of hydrogen-bond acceptors (Lipinski definition) is 3. The highest BCUT2D eigenvalue weighted by Gasteiger charge is 2.14. The van der Waals surface area contributed by atoms with Crippen molar-refractivity contribution < 1.29 is 9.59 Å². The molecule has 20 heavy (non-hydrogen) atoms. The summed E-state index contributed by atoms with van der Waals surface area (Å²) >= 11 is 0. The van der Waals surface area contributed by atoms with Crippen LogP contribution in [0.1, 0.15) is 37.6 Å². The predicted octanol–water partition coefficient (Wildman–Crippen LogP) is 1.75. The third-order valence-corrected chi connectivity index (χ3v) is 2.98. The predicted molar refractivity (Wildman–Crippen MR) is 80.5 cm³/mol. The number of anilines is 1. The number of nitrogens with one attached hydrogen (secondary N) is 2. The average molecular weight is 277 g/mol.